The van der Waals surface area contributed by atoms with Crippen LogP contribution < -0.4 is 5.32 Å². The first-order chi connectivity index (χ1) is 8.79. The molecule has 0 amide bonds. The second kappa shape index (κ2) is 6.55. The van der Waals surface area contributed by atoms with Gasteiger partial charge in [-0.25, -0.2) is 4.39 Å². The Balaban J connectivity index is 2.08. The summed E-state index contributed by atoms with van der Waals surface area (Å²) < 4.78 is 18.9. The summed E-state index contributed by atoms with van der Waals surface area (Å²) >= 11 is 0. The van der Waals surface area contributed by atoms with Crippen molar-refractivity contribution in [2.45, 2.75) is 32.2 Å². The van der Waals surface area contributed by atoms with Gasteiger partial charge in [-0.1, -0.05) is 19.1 Å². The summed E-state index contributed by atoms with van der Waals surface area (Å²) in [6.07, 6.45) is 5.07. The summed E-state index contributed by atoms with van der Waals surface area (Å²) in [6.45, 7) is 3.74. The number of ether oxygens (including phenoxy) is 1. The van der Waals surface area contributed by atoms with Crippen molar-refractivity contribution in [3.8, 4) is 0 Å². The number of nitrogens with one attached hydrogen (secondary N) is 1. The Morgan fingerprint density at radius 2 is 2.33 bits per heavy atom. The van der Waals surface area contributed by atoms with E-state index in [1.54, 1.807) is 12.1 Å². The van der Waals surface area contributed by atoms with Crippen LogP contribution in [0.25, 0.3) is 0 Å². The zero-order chi connectivity index (χ0) is 12.8. The van der Waals surface area contributed by atoms with E-state index in [0.717, 1.165) is 43.7 Å². The maximum Gasteiger partial charge on any atom is 0.123 e. The van der Waals surface area contributed by atoms with E-state index in [0.29, 0.717) is 0 Å². The molecule has 0 spiro atoms. The number of allylic oxidation sites excluding steroid dienone is 1. The zero-order valence-electron chi connectivity index (χ0n) is 10.8. The Labute approximate surface area is 108 Å². The van der Waals surface area contributed by atoms with Gasteiger partial charge in [0.05, 0.1) is 12.6 Å². The van der Waals surface area contributed by atoms with Crippen molar-refractivity contribution in [3.63, 3.8) is 0 Å². The fraction of sp³-hybridized carbons (Fsp3) is 0.467. The van der Waals surface area contributed by atoms with Crippen molar-refractivity contribution in [3.05, 3.63) is 47.5 Å². The van der Waals surface area contributed by atoms with Crippen LogP contribution >= 0.6 is 0 Å². The number of likely N-dealkylation sites (N-methyl/N-ethyl adjacent to an activating group) is 1. The van der Waals surface area contributed by atoms with Crippen molar-refractivity contribution >= 4 is 0 Å². The third-order valence-electron chi connectivity index (χ3n) is 3.09. The van der Waals surface area contributed by atoms with Gasteiger partial charge in [0.2, 0.25) is 0 Å². The summed E-state index contributed by atoms with van der Waals surface area (Å²) in [5.74, 6) is 0.827. The van der Waals surface area contributed by atoms with Crippen molar-refractivity contribution in [1.29, 1.82) is 0 Å². The number of hydrogen-bond acceptors (Lipinski definition) is 2. The maximum atomic E-state index is 13.2. The third-order valence-corrected chi connectivity index (χ3v) is 3.09. The molecule has 2 rings (SSSR count). The summed E-state index contributed by atoms with van der Waals surface area (Å²) in [7, 11) is 0. The van der Waals surface area contributed by atoms with Crippen molar-refractivity contribution in [2.75, 3.05) is 13.2 Å². The van der Waals surface area contributed by atoms with Crippen LogP contribution in [0, 0.1) is 5.82 Å². The quantitative estimate of drug-likeness (QED) is 0.866. The molecule has 1 atom stereocenters. The minimum absolute atomic E-state index is 0.150. The first kappa shape index (κ1) is 13.1. The standard InChI is InChI=1S/C15H20FNO/c1-2-17-14(15-8-3-4-9-18-15)11-12-6-5-7-13(16)10-12/h5-8,10,14,17H,2-4,9,11H2,1H3. The van der Waals surface area contributed by atoms with E-state index in [-0.39, 0.29) is 11.9 Å². The molecule has 0 saturated carbocycles. The second-order valence-electron chi connectivity index (χ2n) is 4.54. The predicted octanol–water partition coefficient (Wildman–Crippen LogP) is 3.04. The van der Waals surface area contributed by atoms with E-state index in [2.05, 4.69) is 18.3 Å². The zero-order valence-corrected chi connectivity index (χ0v) is 10.8. The molecule has 18 heavy (non-hydrogen) atoms. The van der Waals surface area contributed by atoms with Gasteiger partial charge in [-0.05, 0) is 49.6 Å². The molecule has 0 aromatic heterocycles. The molecule has 1 aromatic carbocycles. The van der Waals surface area contributed by atoms with E-state index in [1.165, 1.54) is 6.07 Å². The van der Waals surface area contributed by atoms with Gasteiger partial charge in [0.1, 0.15) is 11.6 Å². The van der Waals surface area contributed by atoms with Crippen LogP contribution in [0.2, 0.25) is 0 Å². The lowest BCUT2D eigenvalue weighted by atomic mass is 10.0. The SMILES string of the molecule is CCNC(Cc1cccc(F)c1)C1=CCCCO1. The van der Waals surface area contributed by atoms with E-state index in [9.17, 15) is 4.39 Å². The van der Waals surface area contributed by atoms with Crippen LogP contribution in [0.3, 0.4) is 0 Å². The molecule has 2 nitrogen and oxygen atoms in total. The summed E-state index contributed by atoms with van der Waals surface area (Å²) in [5, 5.41) is 3.40. The molecule has 1 heterocycles. The second-order valence-corrected chi connectivity index (χ2v) is 4.54. The van der Waals surface area contributed by atoms with Crippen LogP contribution in [0.15, 0.2) is 36.1 Å². The Hall–Kier alpha value is -1.35. The van der Waals surface area contributed by atoms with Crippen LogP contribution in [-0.4, -0.2) is 19.2 Å². The van der Waals surface area contributed by atoms with Gasteiger partial charge in [0.25, 0.3) is 0 Å². The first-order valence-electron chi connectivity index (χ1n) is 6.60. The van der Waals surface area contributed by atoms with Crippen molar-refractivity contribution < 1.29 is 9.13 Å². The van der Waals surface area contributed by atoms with Gasteiger partial charge >= 0.3 is 0 Å². The number of halogens is 1. The van der Waals surface area contributed by atoms with Crippen molar-refractivity contribution in [1.82, 2.24) is 5.32 Å². The van der Waals surface area contributed by atoms with Crippen LogP contribution in [0.5, 0.6) is 0 Å². The van der Waals surface area contributed by atoms with Crippen LogP contribution in [0.1, 0.15) is 25.3 Å². The van der Waals surface area contributed by atoms with E-state index >= 15 is 0 Å². The molecule has 98 valence electrons. The van der Waals surface area contributed by atoms with E-state index < -0.39 is 0 Å². The number of hydrogen-bond donors (Lipinski definition) is 1. The topological polar surface area (TPSA) is 21.3 Å². The highest BCUT2D eigenvalue weighted by atomic mass is 19.1. The Bertz CT molecular complexity index is 417. The van der Waals surface area contributed by atoms with E-state index in [4.69, 9.17) is 4.74 Å². The van der Waals surface area contributed by atoms with Gasteiger partial charge in [0, 0.05) is 0 Å². The predicted molar refractivity (Wildman–Crippen MR) is 70.8 cm³/mol. The molecule has 0 aliphatic carbocycles. The van der Waals surface area contributed by atoms with Crippen LogP contribution in [0.4, 0.5) is 4.39 Å². The molecule has 1 aliphatic heterocycles. The highest BCUT2D eigenvalue weighted by Crippen LogP contribution is 2.17. The average molecular weight is 249 g/mol. The minimum atomic E-state index is -0.179. The Kier molecular flexibility index (Phi) is 4.76. The Morgan fingerprint density at radius 3 is 3.00 bits per heavy atom. The lowest BCUT2D eigenvalue weighted by Crippen LogP contribution is -2.34. The molecule has 3 heteroatoms. The van der Waals surface area contributed by atoms with Gasteiger partial charge in [-0.2, -0.15) is 0 Å². The summed E-state index contributed by atoms with van der Waals surface area (Å²) in [6, 6.07) is 6.92. The largest absolute Gasteiger partial charge is 0.497 e. The smallest absolute Gasteiger partial charge is 0.123 e. The lowest BCUT2D eigenvalue weighted by molar-refractivity contribution is 0.167. The lowest BCUT2D eigenvalue weighted by Gasteiger charge is -2.24. The molecule has 0 radical (unpaired) electrons. The van der Waals surface area contributed by atoms with Crippen LogP contribution in [-0.2, 0) is 11.2 Å². The Morgan fingerprint density at radius 1 is 1.44 bits per heavy atom. The van der Waals surface area contributed by atoms with Gasteiger partial charge in [-0.3, -0.25) is 0 Å². The monoisotopic (exact) mass is 249 g/mol. The minimum Gasteiger partial charge on any atom is -0.497 e. The fourth-order valence-electron chi connectivity index (χ4n) is 2.24. The van der Waals surface area contributed by atoms with E-state index in [1.807, 2.05) is 6.07 Å². The maximum absolute atomic E-state index is 13.2. The van der Waals surface area contributed by atoms with Gasteiger partial charge in [-0.15, -0.1) is 0 Å². The molecule has 1 N–H and O–H groups in total. The normalized spacial score (nSPS) is 16.9. The summed E-state index contributed by atoms with van der Waals surface area (Å²) in [5.41, 5.74) is 0.996. The third kappa shape index (κ3) is 3.57. The molecular weight excluding hydrogens is 229 g/mol. The first-order valence-corrected chi connectivity index (χ1v) is 6.60. The van der Waals surface area contributed by atoms with Gasteiger partial charge < -0.3 is 10.1 Å². The molecule has 1 aromatic rings. The average Bonchev–Trinajstić information content (AvgIpc) is 2.39. The number of benzene rings is 1. The summed E-state index contributed by atoms with van der Waals surface area (Å²) in [4.78, 5) is 0. The number of rotatable bonds is 5. The molecule has 0 fully saturated rings. The molecule has 0 bridgehead atoms. The fourth-order valence-corrected chi connectivity index (χ4v) is 2.24. The molecular formula is C15H20FNO. The van der Waals surface area contributed by atoms with Crippen molar-refractivity contribution in [2.24, 2.45) is 0 Å². The molecule has 0 saturated heterocycles. The highest BCUT2D eigenvalue weighted by Gasteiger charge is 2.17. The molecule has 1 unspecified atom stereocenters. The van der Waals surface area contributed by atoms with Gasteiger partial charge in [0.15, 0.2) is 0 Å². The molecule has 1 aliphatic rings. The highest BCUT2D eigenvalue weighted by molar-refractivity contribution is 5.20.